The van der Waals surface area contributed by atoms with Crippen LogP contribution in [0.2, 0.25) is 0 Å². The average Bonchev–Trinajstić information content (AvgIpc) is 2.80. The number of ether oxygens (including phenoxy) is 2. The maximum atomic E-state index is 6.37. The van der Waals surface area contributed by atoms with Crippen LogP contribution in [0.25, 0.3) is 0 Å². The van der Waals surface area contributed by atoms with Gasteiger partial charge in [0, 0.05) is 19.4 Å². The van der Waals surface area contributed by atoms with E-state index >= 15 is 0 Å². The van der Waals surface area contributed by atoms with E-state index < -0.39 is 0 Å². The third-order valence-corrected chi connectivity index (χ3v) is 5.33. The fourth-order valence-electron chi connectivity index (χ4n) is 3.88. The molecule has 2 fully saturated rings. The van der Waals surface area contributed by atoms with Gasteiger partial charge in [-0.05, 0) is 43.7 Å². The van der Waals surface area contributed by atoms with Crippen LogP contribution in [0.1, 0.15) is 66.7 Å². The SMILES string of the molecule is CCCN(CC)CC1COC2(CCC(C(C)(C)C)CC2)O1. The van der Waals surface area contributed by atoms with Gasteiger partial charge in [0.15, 0.2) is 5.79 Å². The molecule has 21 heavy (non-hydrogen) atoms. The minimum atomic E-state index is -0.252. The minimum Gasteiger partial charge on any atom is -0.347 e. The zero-order valence-electron chi connectivity index (χ0n) is 14.8. The van der Waals surface area contributed by atoms with Gasteiger partial charge in [0.1, 0.15) is 0 Å². The first-order chi connectivity index (χ1) is 9.88. The first-order valence-corrected chi connectivity index (χ1v) is 8.92. The van der Waals surface area contributed by atoms with E-state index in [2.05, 4.69) is 39.5 Å². The molecule has 1 spiro atoms. The Morgan fingerprint density at radius 1 is 1.14 bits per heavy atom. The number of hydrogen-bond donors (Lipinski definition) is 0. The van der Waals surface area contributed by atoms with E-state index in [4.69, 9.17) is 9.47 Å². The van der Waals surface area contributed by atoms with Crippen LogP contribution in [0.15, 0.2) is 0 Å². The van der Waals surface area contributed by atoms with Crippen molar-refractivity contribution in [2.75, 3.05) is 26.2 Å². The molecule has 1 unspecified atom stereocenters. The molecule has 1 atom stereocenters. The van der Waals surface area contributed by atoms with Crippen LogP contribution in [-0.2, 0) is 9.47 Å². The molecule has 1 heterocycles. The molecule has 0 N–H and O–H groups in total. The van der Waals surface area contributed by atoms with Gasteiger partial charge < -0.3 is 14.4 Å². The molecule has 1 aliphatic heterocycles. The fourth-order valence-corrected chi connectivity index (χ4v) is 3.88. The highest BCUT2D eigenvalue weighted by Gasteiger charge is 2.45. The van der Waals surface area contributed by atoms with Crippen molar-refractivity contribution in [1.82, 2.24) is 4.90 Å². The molecule has 0 radical (unpaired) electrons. The van der Waals surface area contributed by atoms with Crippen molar-refractivity contribution < 1.29 is 9.47 Å². The second kappa shape index (κ2) is 6.97. The Hall–Kier alpha value is -0.120. The predicted octanol–water partition coefficient (Wildman–Crippen LogP) is 4.07. The van der Waals surface area contributed by atoms with Crippen molar-refractivity contribution in [3.8, 4) is 0 Å². The second-order valence-electron chi connectivity index (χ2n) is 8.00. The van der Waals surface area contributed by atoms with Crippen LogP contribution >= 0.6 is 0 Å². The summed E-state index contributed by atoms with van der Waals surface area (Å²) in [7, 11) is 0. The molecule has 0 aromatic heterocycles. The molecule has 0 aromatic carbocycles. The van der Waals surface area contributed by atoms with E-state index in [0.717, 1.165) is 45.0 Å². The Morgan fingerprint density at radius 2 is 1.81 bits per heavy atom. The quantitative estimate of drug-likeness (QED) is 0.763. The minimum absolute atomic E-state index is 0.252. The molecule has 0 bridgehead atoms. The maximum Gasteiger partial charge on any atom is 0.168 e. The molecule has 0 aromatic rings. The third kappa shape index (κ3) is 4.43. The number of rotatable bonds is 5. The molecule has 1 saturated carbocycles. The number of hydrogen-bond acceptors (Lipinski definition) is 3. The molecule has 124 valence electrons. The highest BCUT2D eigenvalue weighted by atomic mass is 16.7. The molecule has 2 rings (SSSR count). The largest absolute Gasteiger partial charge is 0.347 e. The fraction of sp³-hybridized carbons (Fsp3) is 1.00. The molecule has 1 saturated heterocycles. The van der Waals surface area contributed by atoms with Gasteiger partial charge in [0.25, 0.3) is 0 Å². The Balaban J connectivity index is 1.82. The van der Waals surface area contributed by atoms with Gasteiger partial charge in [0.2, 0.25) is 0 Å². The van der Waals surface area contributed by atoms with E-state index in [9.17, 15) is 0 Å². The lowest BCUT2D eigenvalue weighted by Gasteiger charge is -2.41. The highest BCUT2D eigenvalue weighted by Crippen LogP contribution is 2.45. The van der Waals surface area contributed by atoms with Crippen molar-refractivity contribution in [2.24, 2.45) is 11.3 Å². The van der Waals surface area contributed by atoms with Crippen LogP contribution in [0, 0.1) is 11.3 Å². The summed E-state index contributed by atoms with van der Waals surface area (Å²) >= 11 is 0. The first-order valence-electron chi connectivity index (χ1n) is 8.92. The lowest BCUT2D eigenvalue weighted by atomic mass is 9.71. The second-order valence-corrected chi connectivity index (χ2v) is 8.00. The smallest absolute Gasteiger partial charge is 0.168 e. The zero-order chi connectivity index (χ0) is 15.5. The lowest BCUT2D eigenvalue weighted by Crippen LogP contribution is -2.40. The van der Waals surface area contributed by atoms with Gasteiger partial charge in [-0.2, -0.15) is 0 Å². The standard InChI is InChI=1S/C18H35NO2/c1-6-12-19(7-2)13-16-14-20-18(21-16)10-8-15(9-11-18)17(3,4)5/h15-16H,6-14H2,1-5H3. The van der Waals surface area contributed by atoms with E-state index in [1.807, 2.05) is 0 Å². The van der Waals surface area contributed by atoms with Crippen molar-refractivity contribution in [1.29, 1.82) is 0 Å². The molecule has 2 aliphatic rings. The maximum absolute atomic E-state index is 6.37. The summed E-state index contributed by atoms with van der Waals surface area (Å²) in [6, 6.07) is 0. The highest BCUT2D eigenvalue weighted by molar-refractivity contribution is 4.89. The molecule has 3 heteroatoms. The number of likely N-dealkylation sites (N-methyl/N-ethyl adjacent to an activating group) is 1. The van der Waals surface area contributed by atoms with E-state index in [1.165, 1.54) is 19.3 Å². The van der Waals surface area contributed by atoms with Crippen molar-refractivity contribution >= 4 is 0 Å². The third-order valence-electron chi connectivity index (χ3n) is 5.33. The molecule has 1 aliphatic carbocycles. The van der Waals surface area contributed by atoms with Crippen molar-refractivity contribution in [3.63, 3.8) is 0 Å². The zero-order valence-corrected chi connectivity index (χ0v) is 14.8. The monoisotopic (exact) mass is 297 g/mol. The summed E-state index contributed by atoms with van der Waals surface area (Å²) in [5, 5.41) is 0. The van der Waals surface area contributed by atoms with Gasteiger partial charge in [-0.1, -0.05) is 34.6 Å². The Kier molecular flexibility index (Phi) is 5.72. The molecule has 3 nitrogen and oxygen atoms in total. The van der Waals surface area contributed by atoms with Gasteiger partial charge >= 0.3 is 0 Å². The Morgan fingerprint density at radius 3 is 2.33 bits per heavy atom. The van der Waals surface area contributed by atoms with Gasteiger partial charge in [0.05, 0.1) is 12.7 Å². The van der Waals surface area contributed by atoms with E-state index in [0.29, 0.717) is 5.41 Å². The van der Waals surface area contributed by atoms with Crippen molar-refractivity contribution in [2.45, 2.75) is 78.6 Å². The van der Waals surface area contributed by atoms with Crippen LogP contribution in [-0.4, -0.2) is 43.0 Å². The van der Waals surface area contributed by atoms with E-state index in [1.54, 1.807) is 0 Å². The predicted molar refractivity (Wildman–Crippen MR) is 87.4 cm³/mol. The molecule has 0 amide bonds. The molecular formula is C18H35NO2. The van der Waals surface area contributed by atoms with Crippen LogP contribution in [0.5, 0.6) is 0 Å². The summed E-state index contributed by atoms with van der Waals surface area (Å²) < 4.78 is 12.5. The normalized spacial score (nSPS) is 34.0. The number of nitrogens with zero attached hydrogens (tertiary/aromatic N) is 1. The summed E-state index contributed by atoms with van der Waals surface area (Å²) in [5.41, 5.74) is 0.416. The summed E-state index contributed by atoms with van der Waals surface area (Å²) in [4.78, 5) is 2.48. The summed E-state index contributed by atoms with van der Waals surface area (Å²) in [6.07, 6.45) is 6.10. The van der Waals surface area contributed by atoms with Gasteiger partial charge in [-0.25, -0.2) is 0 Å². The van der Waals surface area contributed by atoms with Crippen LogP contribution in [0.4, 0.5) is 0 Å². The first kappa shape index (κ1) is 17.2. The topological polar surface area (TPSA) is 21.7 Å². The van der Waals surface area contributed by atoms with E-state index in [-0.39, 0.29) is 11.9 Å². The molecular weight excluding hydrogens is 262 g/mol. The van der Waals surface area contributed by atoms with Gasteiger partial charge in [-0.3, -0.25) is 0 Å². The Labute approximate surface area is 131 Å². The lowest BCUT2D eigenvalue weighted by molar-refractivity contribution is -0.197. The van der Waals surface area contributed by atoms with Crippen molar-refractivity contribution in [3.05, 3.63) is 0 Å². The summed E-state index contributed by atoms with van der Waals surface area (Å²) in [5.74, 6) is 0.555. The average molecular weight is 297 g/mol. The van der Waals surface area contributed by atoms with Crippen LogP contribution < -0.4 is 0 Å². The van der Waals surface area contributed by atoms with Crippen LogP contribution in [0.3, 0.4) is 0 Å². The Bertz CT molecular complexity index is 316. The van der Waals surface area contributed by atoms with Gasteiger partial charge in [-0.15, -0.1) is 0 Å². The summed E-state index contributed by atoms with van der Waals surface area (Å²) in [6.45, 7) is 15.6.